The molecule has 144 valence electrons. The van der Waals surface area contributed by atoms with Crippen molar-refractivity contribution in [2.45, 2.75) is 39.2 Å². The Labute approximate surface area is 166 Å². The molecule has 1 aliphatic heterocycles. The van der Waals surface area contributed by atoms with Crippen LogP contribution in [-0.2, 0) is 5.41 Å². The highest BCUT2D eigenvalue weighted by Gasteiger charge is 2.29. The molecule has 1 aliphatic rings. The highest BCUT2D eigenvalue weighted by molar-refractivity contribution is 6.32. The van der Waals surface area contributed by atoms with E-state index in [0.717, 1.165) is 11.5 Å². The van der Waals surface area contributed by atoms with Crippen LogP contribution in [0.5, 0.6) is 0 Å². The average Bonchev–Trinajstić information content (AvgIpc) is 2.61. The average molecular weight is 387 g/mol. The second-order valence-corrected chi connectivity index (χ2v) is 8.46. The lowest BCUT2D eigenvalue weighted by Gasteiger charge is -2.40. The third-order valence-electron chi connectivity index (χ3n) is 4.93. The van der Waals surface area contributed by atoms with E-state index in [4.69, 9.17) is 11.6 Å². The first kappa shape index (κ1) is 19.5. The number of urea groups is 1. The van der Waals surface area contributed by atoms with Crippen molar-refractivity contribution in [3.8, 4) is 0 Å². The number of anilines is 2. The molecule has 0 radical (unpaired) electrons. The fraction of sp³-hybridized carbons (Fsp3) is 0.429. The van der Waals surface area contributed by atoms with Crippen LogP contribution >= 0.6 is 11.6 Å². The number of benzene rings is 1. The zero-order chi connectivity index (χ0) is 19.6. The molecule has 2 amide bonds. The van der Waals surface area contributed by atoms with Gasteiger partial charge in [0.2, 0.25) is 0 Å². The molecule has 27 heavy (non-hydrogen) atoms. The second kappa shape index (κ2) is 7.77. The van der Waals surface area contributed by atoms with Gasteiger partial charge in [-0.3, -0.25) is 0 Å². The van der Waals surface area contributed by atoms with E-state index in [-0.39, 0.29) is 17.5 Å². The van der Waals surface area contributed by atoms with Crippen LogP contribution in [0.3, 0.4) is 0 Å². The van der Waals surface area contributed by atoms with Gasteiger partial charge in [-0.25, -0.2) is 9.78 Å². The Hall–Kier alpha value is -2.27. The van der Waals surface area contributed by atoms with Crippen molar-refractivity contribution in [3.63, 3.8) is 0 Å². The summed E-state index contributed by atoms with van der Waals surface area (Å²) in [6, 6.07) is 11.7. The van der Waals surface area contributed by atoms with Gasteiger partial charge in [-0.05, 0) is 42.2 Å². The highest BCUT2D eigenvalue weighted by Crippen LogP contribution is 2.26. The maximum absolute atomic E-state index is 12.7. The summed E-state index contributed by atoms with van der Waals surface area (Å²) in [7, 11) is 0. The van der Waals surface area contributed by atoms with Gasteiger partial charge in [0.1, 0.15) is 5.82 Å². The summed E-state index contributed by atoms with van der Waals surface area (Å²) in [5, 5.41) is 3.65. The number of rotatable bonds is 2. The molecule has 2 heterocycles. The first-order valence-corrected chi connectivity index (χ1v) is 9.67. The van der Waals surface area contributed by atoms with Crippen LogP contribution in [-0.4, -0.2) is 41.6 Å². The van der Waals surface area contributed by atoms with Crippen molar-refractivity contribution in [2.75, 3.05) is 29.9 Å². The Bertz CT molecular complexity index is 801. The zero-order valence-corrected chi connectivity index (χ0v) is 17.1. The number of hydrogen-bond acceptors (Lipinski definition) is 3. The molecule has 6 heteroatoms. The van der Waals surface area contributed by atoms with Crippen LogP contribution in [0.4, 0.5) is 16.3 Å². The molecule has 1 unspecified atom stereocenters. The molecule has 1 saturated heterocycles. The Kier molecular flexibility index (Phi) is 5.61. The van der Waals surface area contributed by atoms with Crippen LogP contribution in [0.15, 0.2) is 42.6 Å². The predicted molar refractivity (Wildman–Crippen MR) is 112 cm³/mol. The van der Waals surface area contributed by atoms with Crippen molar-refractivity contribution >= 4 is 29.1 Å². The standard InChI is InChI=1S/C21H27ClN4O/c1-15-14-25(19-18(22)6-5-11-23-19)12-13-26(15)20(27)24-17-9-7-16(8-10-17)21(2,3)4/h5-11,15H,12-14H2,1-4H3,(H,24,27). The number of pyridine rings is 1. The minimum Gasteiger partial charge on any atom is -0.352 e. The minimum absolute atomic E-state index is 0.0608. The molecule has 0 saturated carbocycles. The van der Waals surface area contributed by atoms with Crippen LogP contribution < -0.4 is 10.2 Å². The van der Waals surface area contributed by atoms with Crippen molar-refractivity contribution in [2.24, 2.45) is 0 Å². The molecule has 1 atom stereocenters. The third kappa shape index (κ3) is 4.53. The minimum atomic E-state index is -0.0715. The fourth-order valence-electron chi connectivity index (χ4n) is 3.31. The number of carbonyl (C=O) groups is 1. The molecule has 0 spiro atoms. The third-order valence-corrected chi connectivity index (χ3v) is 5.22. The van der Waals surface area contributed by atoms with Gasteiger partial charge in [-0.1, -0.05) is 44.5 Å². The molecule has 5 nitrogen and oxygen atoms in total. The van der Waals surface area contributed by atoms with Gasteiger partial charge in [0.25, 0.3) is 0 Å². The van der Waals surface area contributed by atoms with E-state index in [1.165, 1.54) is 5.56 Å². The van der Waals surface area contributed by atoms with Gasteiger partial charge >= 0.3 is 6.03 Å². The SMILES string of the molecule is CC1CN(c2ncccc2Cl)CCN1C(=O)Nc1ccc(C(C)(C)C)cc1. The summed E-state index contributed by atoms with van der Waals surface area (Å²) in [4.78, 5) is 21.1. The van der Waals surface area contributed by atoms with Gasteiger partial charge in [0.05, 0.1) is 5.02 Å². The molecule has 0 aliphatic carbocycles. The van der Waals surface area contributed by atoms with E-state index in [0.29, 0.717) is 24.7 Å². The van der Waals surface area contributed by atoms with E-state index >= 15 is 0 Å². The number of carbonyl (C=O) groups excluding carboxylic acids is 1. The summed E-state index contributed by atoms with van der Waals surface area (Å²) in [6.07, 6.45) is 1.74. The first-order chi connectivity index (χ1) is 12.8. The summed E-state index contributed by atoms with van der Waals surface area (Å²) < 4.78 is 0. The maximum Gasteiger partial charge on any atom is 0.322 e. The van der Waals surface area contributed by atoms with E-state index in [9.17, 15) is 4.79 Å². The first-order valence-electron chi connectivity index (χ1n) is 9.29. The van der Waals surface area contributed by atoms with Gasteiger partial charge in [-0.2, -0.15) is 0 Å². The van der Waals surface area contributed by atoms with Gasteiger partial charge in [-0.15, -0.1) is 0 Å². The summed E-state index contributed by atoms with van der Waals surface area (Å²) in [5.74, 6) is 0.781. The van der Waals surface area contributed by atoms with Gasteiger partial charge in [0, 0.05) is 37.6 Å². The number of amides is 2. The van der Waals surface area contributed by atoms with Crippen molar-refractivity contribution in [1.29, 1.82) is 0 Å². The second-order valence-electron chi connectivity index (χ2n) is 8.05. The number of nitrogens with one attached hydrogen (secondary N) is 1. The molecular weight excluding hydrogens is 360 g/mol. The number of halogens is 1. The van der Waals surface area contributed by atoms with Crippen LogP contribution in [0.1, 0.15) is 33.3 Å². The number of piperazine rings is 1. The Morgan fingerprint density at radius 3 is 2.48 bits per heavy atom. The Balaban J connectivity index is 1.62. The smallest absolute Gasteiger partial charge is 0.322 e. The lowest BCUT2D eigenvalue weighted by atomic mass is 9.87. The topological polar surface area (TPSA) is 48.5 Å². The molecule has 1 aromatic heterocycles. The van der Waals surface area contributed by atoms with Crippen molar-refractivity contribution in [3.05, 3.63) is 53.2 Å². The molecule has 1 fully saturated rings. The molecule has 3 rings (SSSR count). The van der Waals surface area contributed by atoms with Crippen molar-refractivity contribution < 1.29 is 4.79 Å². The lowest BCUT2D eigenvalue weighted by Crippen LogP contribution is -2.55. The van der Waals surface area contributed by atoms with Crippen LogP contribution in [0.2, 0.25) is 5.02 Å². The largest absolute Gasteiger partial charge is 0.352 e. The number of aromatic nitrogens is 1. The van der Waals surface area contributed by atoms with Gasteiger partial charge in [0.15, 0.2) is 0 Å². The van der Waals surface area contributed by atoms with E-state index in [1.807, 2.05) is 36.1 Å². The normalized spacial score (nSPS) is 17.7. The van der Waals surface area contributed by atoms with E-state index < -0.39 is 0 Å². The molecule has 2 aromatic rings. The summed E-state index contributed by atoms with van der Waals surface area (Å²) >= 11 is 6.26. The number of nitrogens with zero attached hydrogens (tertiary/aromatic N) is 3. The maximum atomic E-state index is 12.7. The zero-order valence-electron chi connectivity index (χ0n) is 16.4. The Morgan fingerprint density at radius 1 is 1.19 bits per heavy atom. The van der Waals surface area contributed by atoms with E-state index in [1.54, 1.807) is 6.20 Å². The van der Waals surface area contributed by atoms with Crippen molar-refractivity contribution in [1.82, 2.24) is 9.88 Å². The lowest BCUT2D eigenvalue weighted by molar-refractivity contribution is 0.184. The Morgan fingerprint density at radius 2 is 1.89 bits per heavy atom. The van der Waals surface area contributed by atoms with E-state index in [2.05, 4.69) is 48.1 Å². The fourth-order valence-corrected chi connectivity index (χ4v) is 3.55. The highest BCUT2D eigenvalue weighted by atomic mass is 35.5. The summed E-state index contributed by atoms with van der Waals surface area (Å²) in [6.45, 7) is 10.6. The van der Waals surface area contributed by atoms with Crippen LogP contribution in [0, 0.1) is 0 Å². The molecule has 1 aromatic carbocycles. The molecular formula is C21H27ClN4O. The van der Waals surface area contributed by atoms with Crippen LogP contribution in [0.25, 0.3) is 0 Å². The van der Waals surface area contributed by atoms with Gasteiger partial charge < -0.3 is 15.1 Å². The predicted octanol–water partition coefficient (Wildman–Crippen LogP) is 4.78. The summed E-state index contributed by atoms with van der Waals surface area (Å²) in [5.41, 5.74) is 2.16. The quantitative estimate of drug-likeness (QED) is 0.808. The monoisotopic (exact) mass is 386 g/mol. The number of hydrogen-bond donors (Lipinski definition) is 1. The molecule has 0 bridgehead atoms. The molecule has 1 N–H and O–H groups in total.